The van der Waals surface area contributed by atoms with Crippen LogP contribution in [-0.2, 0) is 11.3 Å². The lowest BCUT2D eigenvalue weighted by molar-refractivity contribution is -0.121. The first kappa shape index (κ1) is 20.7. The SMILES string of the molecule is CC(C)N(CCNC(=O)Cn1cnc2scc(-c3cccs3)c2c1=O)C(C)C. The molecule has 0 unspecified atom stereocenters. The number of nitrogens with one attached hydrogen (secondary N) is 1. The Balaban J connectivity index is 1.71. The van der Waals surface area contributed by atoms with Crippen molar-refractivity contribution in [3.8, 4) is 10.4 Å². The van der Waals surface area contributed by atoms with E-state index in [0.29, 0.717) is 28.8 Å². The number of rotatable bonds is 8. The Kier molecular flexibility index (Phi) is 6.64. The molecule has 0 bridgehead atoms. The monoisotopic (exact) mass is 418 g/mol. The standard InChI is InChI=1S/C20H26N4O2S2/c1-13(2)24(14(3)4)8-7-21-17(25)10-23-12-22-19-18(20(23)26)15(11-28-19)16-6-5-9-27-16/h5-6,9,11-14H,7-8,10H2,1-4H3,(H,21,25). The van der Waals surface area contributed by atoms with Gasteiger partial charge in [0.1, 0.15) is 11.4 Å². The normalized spacial score (nSPS) is 11.8. The molecule has 1 amide bonds. The van der Waals surface area contributed by atoms with Crippen molar-refractivity contribution < 1.29 is 4.79 Å². The number of carbonyl (C=O) groups is 1. The molecule has 150 valence electrons. The van der Waals surface area contributed by atoms with Gasteiger partial charge in [0.25, 0.3) is 5.56 Å². The van der Waals surface area contributed by atoms with Crippen LogP contribution in [-0.4, -0.2) is 45.5 Å². The maximum Gasteiger partial charge on any atom is 0.263 e. The molecule has 0 aliphatic carbocycles. The zero-order chi connectivity index (χ0) is 20.3. The van der Waals surface area contributed by atoms with E-state index in [2.05, 4.69) is 42.9 Å². The first-order valence-corrected chi connectivity index (χ1v) is 11.2. The smallest absolute Gasteiger partial charge is 0.263 e. The van der Waals surface area contributed by atoms with Crippen LogP contribution >= 0.6 is 22.7 Å². The molecular weight excluding hydrogens is 392 g/mol. The number of thiophene rings is 2. The molecule has 3 rings (SSSR count). The highest BCUT2D eigenvalue weighted by atomic mass is 32.1. The minimum atomic E-state index is -0.177. The van der Waals surface area contributed by atoms with E-state index in [0.717, 1.165) is 17.0 Å². The first-order chi connectivity index (χ1) is 13.4. The third-order valence-electron chi connectivity index (χ3n) is 4.68. The molecule has 0 radical (unpaired) electrons. The van der Waals surface area contributed by atoms with Crippen molar-refractivity contribution in [3.05, 3.63) is 39.6 Å². The van der Waals surface area contributed by atoms with Gasteiger partial charge in [-0.05, 0) is 39.1 Å². The van der Waals surface area contributed by atoms with Gasteiger partial charge in [-0.1, -0.05) is 6.07 Å². The summed E-state index contributed by atoms with van der Waals surface area (Å²) in [6.07, 6.45) is 1.47. The molecule has 0 fully saturated rings. The van der Waals surface area contributed by atoms with Crippen LogP contribution in [0.1, 0.15) is 27.7 Å². The average Bonchev–Trinajstić information content (AvgIpc) is 3.29. The Morgan fingerprint density at radius 2 is 2.00 bits per heavy atom. The van der Waals surface area contributed by atoms with Crippen LogP contribution in [0, 0.1) is 0 Å². The van der Waals surface area contributed by atoms with Gasteiger partial charge in [0.15, 0.2) is 0 Å². The summed E-state index contributed by atoms with van der Waals surface area (Å²) >= 11 is 3.04. The fourth-order valence-electron chi connectivity index (χ4n) is 3.34. The summed E-state index contributed by atoms with van der Waals surface area (Å²) in [5.74, 6) is -0.177. The van der Waals surface area contributed by atoms with Gasteiger partial charge >= 0.3 is 0 Å². The number of fused-ring (bicyclic) bond motifs is 1. The molecule has 3 aromatic rings. The lowest BCUT2D eigenvalue weighted by Gasteiger charge is -2.30. The maximum atomic E-state index is 12.9. The maximum absolute atomic E-state index is 12.9. The predicted molar refractivity (Wildman–Crippen MR) is 117 cm³/mol. The summed E-state index contributed by atoms with van der Waals surface area (Å²) in [7, 11) is 0. The molecule has 0 spiro atoms. The lowest BCUT2D eigenvalue weighted by Crippen LogP contribution is -2.43. The molecule has 0 aliphatic heterocycles. The second-order valence-corrected chi connectivity index (χ2v) is 9.07. The molecule has 0 saturated carbocycles. The first-order valence-electron chi connectivity index (χ1n) is 9.41. The highest BCUT2D eigenvalue weighted by Crippen LogP contribution is 2.33. The van der Waals surface area contributed by atoms with Crippen molar-refractivity contribution in [2.24, 2.45) is 0 Å². The molecule has 8 heteroatoms. The Morgan fingerprint density at radius 3 is 2.64 bits per heavy atom. The van der Waals surface area contributed by atoms with Gasteiger partial charge in [0.2, 0.25) is 5.91 Å². The van der Waals surface area contributed by atoms with Crippen molar-refractivity contribution in [3.63, 3.8) is 0 Å². The van der Waals surface area contributed by atoms with Gasteiger partial charge in [-0.15, -0.1) is 22.7 Å². The van der Waals surface area contributed by atoms with Gasteiger partial charge in [-0.25, -0.2) is 4.98 Å². The second-order valence-electron chi connectivity index (χ2n) is 7.26. The van der Waals surface area contributed by atoms with E-state index in [1.807, 2.05) is 22.9 Å². The largest absolute Gasteiger partial charge is 0.353 e. The third-order valence-corrected chi connectivity index (χ3v) is 6.47. The van der Waals surface area contributed by atoms with Crippen LogP contribution < -0.4 is 10.9 Å². The van der Waals surface area contributed by atoms with Gasteiger partial charge in [0.05, 0.1) is 11.7 Å². The van der Waals surface area contributed by atoms with E-state index < -0.39 is 0 Å². The summed E-state index contributed by atoms with van der Waals surface area (Å²) in [5.41, 5.74) is 0.725. The van der Waals surface area contributed by atoms with E-state index in [-0.39, 0.29) is 18.0 Å². The Morgan fingerprint density at radius 1 is 1.25 bits per heavy atom. The molecule has 0 atom stereocenters. The summed E-state index contributed by atoms with van der Waals surface area (Å²) in [4.78, 5) is 33.7. The number of hydrogen-bond acceptors (Lipinski definition) is 6. The third kappa shape index (κ3) is 4.51. The highest BCUT2D eigenvalue weighted by Gasteiger charge is 2.16. The zero-order valence-corrected chi connectivity index (χ0v) is 18.3. The van der Waals surface area contributed by atoms with Crippen molar-refractivity contribution in [2.45, 2.75) is 46.3 Å². The Labute approximate surface area is 172 Å². The zero-order valence-electron chi connectivity index (χ0n) is 16.6. The van der Waals surface area contributed by atoms with E-state index in [1.54, 1.807) is 11.3 Å². The number of carbonyl (C=O) groups excluding carboxylic acids is 1. The number of amides is 1. The van der Waals surface area contributed by atoms with Crippen LogP contribution in [0.15, 0.2) is 34.0 Å². The minimum Gasteiger partial charge on any atom is -0.353 e. The van der Waals surface area contributed by atoms with Crippen LogP contribution in [0.25, 0.3) is 20.7 Å². The van der Waals surface area contributed by atoms with Crippen molar-refractivity contribution >= 4 is 38.8 Å². The second kappa shape index (κ2) is 8.98. The quantitative estimate of drug-likeness (QED) is 0.609. The van der Waals surface area contributed by atoms with Crippen molar-refractivity contribution in [2.75, 3.05) is 13.1 Å². The Hall–Kier alpha value is -2.03. The van der Waals surface area contributed by atoms with Gasteiger partial charge < -0.3 is 5.32 Å². The van der Waals surface area contributed by atoms with E-state index >= 15 is 0 Å². The van der Waals surface area contributed by atoms with Crippen molar-refractivity contribution in [1.82, 2.24) is 19.8 Å². The lowest BCUT2D eigenvalue weighted by atomic mass is 10.2. The fourth-order valence-corrected chi connectivity index (χ4v) is 5.06. The highest BCUT2D eigenvalue weighted by molar-refractivity contribution is 7.18. The van der Waals surface area contributed by atoms with E-state index in [1.165, 1.54) is 22.2 Å². The van der Waals surface area contributed by atoms with Crippen LogP contribution in [0.4, 0.5) is 0 Å². The van der Waals surface area contributed by atoms with E-state index in [9.17, 15) is 9.59 Å². The minimum absolute atomic E-state index is 0.0230. The molecule has 0 aromatic carbocycles. The molecule has 0 saturated heterocycles. The van der Waals surface area contributed by atoms with Crippen LogP contribution in [0.3, 0.4) is 0 Å². The molecule has 3 heterocycles. The number of aromatic nitrogens is 2. The predicted octanol–water partition coefficient (Wildman–Crippen LogP) is 3.42. The van der Waals surface area contributed by atoms with Crippen LogP contribution in [0.5, 0.6) is 0 Å². The van der Waals surface area contributed by atoms with Gasteiger partial charge in [-0.3, -0.25) is 19.1 Å². The fraction of sp³-hybridized carbons (Fsp3) is 0.450. The summed E-state index contributed by atoms with van der Waals surface area (Å²) in [5, 5.41) is 7.46. The summed E-state index contributed by atoms with van der Waals surface area (Å²) in [6.45, 7) is 9.90. The Bertz CT molecular complexity index is 981. The molecule has 28 heavy (non-hydrogen) atoms. The topological polar surface area (TPSA) is 67.2 Å². The summed E-state index contributed by atoms with van der Waals surface area (Å²) < 4.78 is 1.39. The van der Waals surface area contributed by atoms with Crippen molar-refractivity contribution in [1.29, 1.82) is 0 Å². The number of hydrogen-bond donors (Lipinski definition) is 1. The van der Waals surface area contributed by atoms with Gasteiger partial charge in [0, 0.05) is 41.0 Å². The molecule has 1 N–H and O–H groups in total. The average molecular weight is 419 g/mol. The molecule has 0 aliphatic rings. The molecule has 6 nitrogen and oxygen atoms in total. The van der Waals surface area contributed by atoms with E-state index in [4.69, 9.17) is 0 Å². The molecular formula is C20H26N4O2S2. The van der Waals surface area contributed by atoms with Gasteiger partial charge in [-0.2, -0.15) is 0 Å². The van der Waals surface area contributed by atoms with Crippen LogP contribution in [0.2, 0.25) is 0 Å². The number of nitrogens with zero attached hydrogens (tertiary/aromatic N) is 3. The summed E-state index contributed by atoms with van der Waals surface area (Å²) in [6, 6.07) is 4.79. The molecule has 3 aromatic heterocycles.